The van der Waals surface area contributed by atoms with E-state index in [-0.39, 0.29) is 18.4 Å². The third kappa shape index (κ3) is 2.17. The Morgan fingerprint density at radius 1 is 1.28 bits per heavy atom. The van der Waals surface area contributed by atoms with Crippen LogP contribution in [0.1, 0.15) is 19.4 Å². The van der Waals surface area contributed by atoms with Crippen molar-refractivity contribution in [3.8, 4) is 0 Å². The number of hydrogen-bond acceptors (Lipinski definition) is 5. The number of carbonyl (C=O) groups excluding carboxylic acids is 3. The Labute approximate surface area is 145 Å². The summed E-state index contributed by atoms with van der Waals surface area (Å²) in [6.07, 6.45) is 3.84. The zero-order chi connectivity index (χ0) is 17.8. The second-order valence-electron chi connectivity index (χ2n) is 6.67. The zero-order valence-corrected chi connectivity index (χ0v) is 14.1. The van der Waals surface area contributed by atoms with Crippen molar-refractivity contribution in [1.82, 2.24) is 0 Å². The molecule has 0 radical (unpaired) electrons. The molecule has 1 aromatic carbocycles. The summed E-state index contributed by atoms with van der Waals surface area (Å²) >= 11 is 0. The number of nitrogens with zero attached hydrogens (tertiary/aromatic N) is 1. The fraction of sp³-hybridized carbons (Fsp3) is 0.421. The van der Waals surface area contributed by atoms with Crippen LogP contribution in [0.25, 0.3) is 0 Å². The van der Waals surface area contributed by atoms with Gasteiger partial charge < -0.3 is 9.47 Å². The maximum atomic E-state index is 13.2. The number of hydrogen-bond donors (Lipinski definition) is 0. The zero-order valence-electron chi connectivity index (χ0n) is 14.1. The highest BCUT2D eigenvalue weighted by molar-refractivity contribution is 6.23. The fourth-order valence-corrected chi connectivity index (χ4v) is 4.15. The van der Waals surface area contributed by atoms with E-state index < -0.39 is 29.5 Å². The molecule has 3 aliphatic rings. The summed E-state index contributed by atoms with van der Waals surface area (Å²) in [6, 6.07) is 7.43. The number of benzene rings is 1. The van der Waals surface area contributed by atoms with Crippen LogP contribution >= 0.6 is 0 Å². The SMILES string of the molecule is CCc1ccccc1N1C(=O)[C@H]2[C@H]3C=C[C@@](COC(C)=O)(O3)[C@H]2C1=O. The Kier molecular flexibility index (Phi) is 3.54. The van der Waals surface area contributed by atoms with Gasteiger partial charge in [-0.2, -0.15) is 0 Å². The average Bonchev–Trinajstić information content (AvgIpc) is 3.24. The Bertz CT molecular complexity index is 801. The van der Waals surface area contributed by atoms with E-state index >= 15 is 0 Å². The lowest BCUT2D eigenvalue weighted by molar-refractivity contribution is -0.150. The van der Waals surface area contributed by atoms with E-state index in [1.54, 1.807) is 18.2 Å². The molecule has 6 heteroatoms. The van der Waals surface area contributed by atoms with Gasteiger partial charge in [0, 0.05) is 6.92 Å². The van der Waals surface area contributed by atoms with Crippen molar-refractivity contribution in [2.45, 2.75) is 32.0 Å². The molecule has 4 rings (SSSR count). The molecule has 0 N–H and O–H groups in total. The third-order valence-electron chi connectivity index (χ3n) is 5.27. The third-order valence-corrected chi connectivity index (χ3v) is 5.27. The van der Waals surface area contributed by atoms with Crippen LogP contribution in [0.4, 0.5) is 5.69 Å². The van der Waals surface area contributed by atoms with Crippen molar-refractivity contribution in [1.29, 1.82) is 0 Å². The molecule has 1 aromatic rings. The molecule has 2 bridgehead atoms. The quantitative estimate of drug-likeness (QED) is 0.473. The molecular weight excluding hydrogens is 322 g/mol. The van der Waals surface area contributed by atoms with E-state index in [4.69, 9.17) is 9.47 Å². The van der Waals surface area contributed by atoms with Gasteiger partial charge in [0.2, 0.25) is 11.8 Å². The maximum absolute atomic E-state index is 13.2. The molecule has 25 heavy (non-hydrogen) atoms. The Hall–Kier alpha value is -2.47. The van der Waals surface area contributed by atoms with E-state index in [0.29, 0.717) is 5.69 Å². The average molecular weight is 341 g/mol. The molecule has 2 saturated heterocycles. The van der Waals surface area contributed by atoms with E-state index in [0.717, 1.165) is 12.0 Å². The highest BCUT2D eigenvalue weighted by Gasteiger charge is 2.68. The maximum Gasteiger partial charge on any atom is 0.302 e. The number of rotatable bonds is 4. The second kappa shape index (κ2) is 5.52. The van der Waals surface area contributed by atoms with Gasteiger partial charge in [0.25, 0.3) is 0 Å². The first kappa shape index (κ1) is 16.0. The van der Waals surface area contributed by atoms with Gasteiger partial charge in [0.15, 0.2) is 0 Å². The van der Waals surface area contributed by atoms with E-state index in [2.05, 4.69) is 0 Å². The van der Waals surface area contributed by atoms with Gasteiger partial charge in [-0.25, -0.2) is 4.90 Å². The minimum absolute atomic E-state index is 0.0568. The van der Waals surface area contributed by atoms with E-state index in [1.165, 1.54) is 11.8 Å². The Balaban J connectivity index is 1.72. The van der Waals surface area contributed by atoms with Crippen molar-refractivity contribution in [3.63, 3.8) is 0 Å². The van der Waals surface area contributed by atoms with Crippen molar-refractivity contribution in [2.75, 3.05) is 11.5 Å². The highest BCUT2D eigenvalue weighted by Crippen LogP contribution is 2.52. The summed E-state index contributed by atoms with van der Waals surface area (Å²) in [5, 5.41) is 0. The molecule has 3 aliphatic heterocycles. The minimum Gasteiger partial charge on any atom is -0.462 e. The van der Waals surface area contributed by atoms with Gasteiger partial charge in [0.05, 0.1) is 23.6 Å². The number of esters is 1. The number of anilines is 1. The number of aryl methyl sites for hydroxylation is 1. The summed E-state index contributed by atoms with van der Waals surface area (Å²) in [7, 11) is 0. The molecule has 0 aliphatic carbocycles. The van der Waals surface area contributed by atoms with Gasteiger partial charge in [-0.1, -0.05) is 31.2 Å². The van der Waals surface area contributed by atoms with Gasteiger partial charge in [-0.3, -0.25) is 14.4 Å². The molecule has 2 amide bonds. The number of carbonyl (C=O) groups is 3. The van der Waals surface area contributed by atoms with Crippen LogP contribution in [-0.2, 0) is 30.3 Å². The second-order valence-corrected chi connectivity index (χ2v) is 6.67. The number of para-hydroxylation sites is 1. The lowest BCUT2D eigenvalue weighted by Crippen LogP contribution is -2.44. The summed E-state index contributed by atoms with van der Waals surface area (Å²) in [5.41, 5.74) is 0.541. The van der Waals surface area contributed by atoms with Crippen molar-refractivity contribution < 1.29 is 23.9 Å². The summed E-state index contributed by atoms with van der Waals surface area (Å²) in [6.45, 7) is 3.24. The van der Waals surface area contributed by atoms with E-state index in [9.17, 15) is 14.4 Å². The molecule has 0 aromatic heterocycles. The molecule has 0 saturated carbocycles. The van der Waals surface area contributed by atoms with Gasteiger partial charge in [-0.15, -0.1) is 0 Å². The van der Waals surface area contributed by atoms with Crippen LogP contribution in [0.5, 0.6) is 0 Å². The first-order valence-electron chi connectivity index (χ1n) is 8.45. The first-order chi connectivity index (χ1) is 12.0. The first-order valence-corrected chi connectivity index (χ1v) is 8.45. The monoisotopic (exact) mass is 341 g/mol. The van der Waals surface area contributed by atoms with Gasteiger partial charge in [0.1, 0.15) is 12.2 Å². The lowest BCUT2D eigenvalue weighted by atomic mass is 9.77. The molecule has 0 spiro atoms. The van der Waals surface area contributed by atoms with Crippen LogP contribution in [0.2, 0.25) is 0 Å². The molecular formula is C19H19NO5. The minimum atomic E-state index is -1.04. The van der Waals surface area contributed by atoms with Crippen LogP contribution in [-0.4, -0.2) is 36.1 Å². The summed E-state index contributed by atoms with van der Waals surface area (Å²) in [4.78, 5) is 38.7. The molecule has 2 fully saturated rings. The van der Waals surface area contributed by atoms with Gasteiger partial charge >= 0.3 is 5.97 Å². The number of fused-ring (bicyclic) bond motifs is 5. The van der Waals surface area contributed by atoms with Crippen LogP contribution < -0.4 is 4.90 Å². The molecule has 130 valence electrons. The van der Waals surface area contributed by atoms with Gasteiger partial charge in [-0.05, 0) is 24.1 Å². The molecule has 6 nitrogen and oxygen atoms in total. The lowest BCUT2D eigenvalue weighted by Gasteiger charge is -2.28. The number of amides is 2. The highest BCUT2D eigenvalue weighted by atomic mass is 16.6. The van der Waals surface area contributed by atoms with Crippen molar-refractivity contribution >= 4 is 23.5 Å². The van der Waals surface area contributed by atoms with Crippen molar-refractivity contribution in [2.24, 2.45) is 11.8 Å². The standard InChI is InChI=1S/C19H19NO5/c1-3-12-6-4-5-7-13(12)20-17(22)15-14-8-9-19(25-14,10-24-11(2)21)16(15)18(20)23/h4-9,14-16H,3,10H2,1-2H3/t14-,15+,16-,19+/m1/s1. The van der Waals surface area contributed by atoms with Crippen LogP contribution in [0, 0.1) is 11.8 Å². The predicted octanol–water partition coefficient (Wildman–Crippen LogP) is 1.63. The Morgan fingerprint density at radius 3 is 2.76 bits per heavy atom. The summed E-state index contributed by atoms with van der Waals surface area (Å²) < 4.78 is 11.0. The summed E-state index contributed by atoms with van der Waals surface area (Å²) in [5.74, 6) is -2.18. The molecule has 3 heterocycles. The largest absolute Gasteiger partial charge is 0.462 e. The van der Waals surface area contributed by atoms with Crippen molar-refractivity contribution in [3.05, 3.63) is 42.0 Å². The molecule has 0 unspecified atom stereocenters. The smallest absolute Gasteiger partial charge is 0.302 e. The topological polar surface area (TPSA) is 72.9 Å². The Morgan fingerprint density at radius 2 is 2.04 bits per heavy atom. The fourth-order valence-electron chi connectivity index (χ4n) is 4.15. The molecule has 4 atom stereocenters. The predicted molar refractivity (Wildman–Crippen MR) is 88.7 cm³/mol. The van der Waals surface area contributed by atoms with Crippen LogP contribution in [0.3, 0.4) is 0 Å². The normalized spacial score (nSPS) is 32.4. The van der Waals surface area contributed by atoms with E-state index in [1.807, 2.05) is 25.1 Å². The number of imide groups is 1. The van der Waals surface area contributed by atoms with Crippen LogP contribution in [0.15, 0.2) is 36.4 Å². The number of ether oxygens (including phenoxy) is 2.